The highest BCUT2D eigenvalue weighted by Gasteiger charge is 2.29. The fourth-order valence-electron chi connectivity index (χ4n) is 3.28. The molecule has 0 spiro atoms. The Labute approximate surface area is 143 Å². The fourth-order valence-corrected chi connectivity index (χ4v) is 3.28. The lowest BCUT2D eigenvalue weighted by Crippen LogP contribution is -2.49. The van der Waals surface area contributed by atoms with Crippen molar-refractivity contribution in [3.05, 3.63) is 53.7 Å². The summed E-state index contributed by atoms with van der Waals surface area (Å²) in [6.07, 6.45) is 4.53. The van der Waals surface area contributed by atoms with Crippen molar-refractivity contribution in [2.24, 2.45) is 0 Å². The molecule has 1 aromatic heterocycles. The van der Waals surface area contributed by atoms with Gasteiger partial charge in [-0.05, 0) is 38.8 Å². The van der Waals surface area contributed by atoms with Gasteiger partial charge in [0, 0.05) is 25.7 Å². The van der Waals surface area contributed by atoms with Gasteiger partial charge in [0.2, 0.25) is 5.76 Å². The Balaban J connectivity index is 1.56. The van der Waals surface area contributed by atoms with E-state index in [0.717, 1.165) is 38.9 Å². The molecule has 1 aliphatic heterocycles. The lowest BCUT2D eigenvalue weighted by molar-refractivity contribution is 0.0580. The van der Waals surface area contributed by atoms with E-state index in [1.165, 1.54) is 12.0 Å². The van der Waals surface area contributed by atoms with Gasteiger partial charge in [-0.3, -0.25) is 4.79 Å². The van der Waals surface area contributed by atoms with Crippen LogP contribution in [0.3, 0.4) is 0 Å². The van der Waals surface area contributed by atoms with Crippen molar-refractivity contribution in [1.82, 2.24) is 14.8 Å². The number of amides is 1. The number of carbonyl (C=O) groups is 1. The van der Waals surface area contributed by atoms with Crippen LogP contribution in [0.5, 0.6) is 0 Å². The molecule has 0 saturated carbocycles. The number of hydrogen-bond donors (Lipinski definition) is 0. The summed E-state index contributed by atoms with van der Waals surface area (Å²) in [5.41, 5.74) is 2.02. The van der Waals surface area contributed by atoms with Crippen LogP contribution >= 0.6 is 0 Å². The number of benzene rings is 1. The lowest BCUT2D eigenvalue weighted by Gasteiger charge is -2.37. The molecule has 24 heavy (non-hydrogen) atoms. The normalized spacial score (nSPS) is 18.1. The van der Waals surface area contributed by atoms with Crippen molar-refractivity contribution < 1.29 is 9.21 Å². The number of aryl methyl sites for hydroxylation is 1. The Morgan fingerprint density at radius 3 is 2.88 bits per heavy atom. The van der Waals surface area contributed by atoms with E-state index in [-0.39, 0.29) is 5.91 Å². The molecular weight excluding hydrogens is 302 g/mol. The summed E-state index contributed by atoms with van der Waals surface area (Å²) in [5, 5.41) is 0. The zero-order valence-corrected chi connectivity index (χ0v) is 14.4. The van der Waals surface area contributed by atoms with Crippen molar-refractivity contribution in [3.8, 4) is 0 Å². The van der Waals surface area contributed by atoms with Gasteiger partial charge in [0.15, 0.2) is 6.39 Å². The predicted octanol–water partition coefficient (Wildman–Crippen LogP) is 2.76. The summed E-state index contributed by atoms with van der Waals surface area (Å²) in [6.45, 7) is 4.36. The molecule has 1 atom stereocenters. The Morgan fingerprint density at radius 1 is 1.38 bits per heavy atom. The van der Waals surface area contributed by atoms with Crippen LogP contribution in [0.25, 0.3) is 0 Å². The van der Waals surface area contributed by atoms with Gasteiger partial charge in [-0.15, -0.1) is 0 Å². The summed E-state index contributed by atoms with van der Waals surface area (Å²) in [7, 11) is 2.15. The Kier molecular flexibility index (Phi) is 5.30. The van der Waals surface area contributed by atoms with Crippen molar-refractivity contribution in [1.29, 1.82) is 0 Å². The average Bonchev–Trinajstić information content (AvgIpc) is 3.06. The highest BCUT2D eigenvalue weighted by Crippen LogP contribution is 2.19. The first-order valence-electron chi connectivity index (χ1n) is 8.58. The number of likely N-dealkylation sites (tertiary alicyclic amines) is 1. The SMILES string of the molecule is Cc1ncoc1C(=O)N1CCCC(N(C)CCc2ccccc2)C1. The number of piperidine rings is 1. The molecule has 1 saturated heterocycles. The topological polar surface area (TPSA) is 49.6 Å². The van der Waals surface area contributed by atoms with Crippen LogP contribution in [0.1, 0.15) is 34.7 Å². The predicted molar refractivity (Wildman–Crippen MR) is 92.9 cm³/mol. The molecule has 5 heteroatoms. The standard InChI is InChI=1S/C19H25N3O2/c1-15-18(24-14-20-15)19(23)22-11-6-9-17(13-22)21(2)12-10-16-7-4-3-5-8-16/h3-5,7-8,14,17H,6,9-13H2,1-2H3. The van der Waals surface area contributed by atoms with E-state index >= 15 is 0 Å². The van der Waals surface area contributed by atoms with Gasteiger partial charge in [-0.25, -0.2) is 4.98 Å². The molecule has 0 aliphatic carbocycles. The molecule has 1 aromatic carbocycles. The highest BCUT2D eigenvalue weighted by molar-refractivity contribution is 5.92. The summed E-state index contributed by atoms with van der Waals surface area (Å²) in [5.74, 6) is 0.341. The lowest BCUT2D eigenvalue weighted by atomic mass is 10.0. The largest absolute Gasteiger partial charge is 0.438 e. The second-order valence-corrected chi connectivity index (χ2v) is 6.53. The first-order valence-corrected chi connectivity index (χ1v) is 8.58. The maximum absolute atomic E-state index is 12.6. The quantitative estimate of drug-likeness (QED) is 0.847. The molecule has 1 aliphatic rings. The van der Waals surface area contributed by atoms with Gasteiger partial charge >= 0.3 is 0 Å². The number of oxazole rings is 1. The number of likely N-dealkylation sites (N-methyl/N-ethyl adjacent to an activating group) is 1. The third-order valence-electron chi connectivity index (χ3n) is 4.84. The first-order chi connectivity index (χ1) is 11.6. The Bertz CT molecular complexity index is 668. The first kappa shape index (κ1) is 16.7. The minimum absolute atomic E-state index is 0.0360. The van der Waals surface area contributed by atoms with Crippen LogP contribution < -0.4 is 0 Å². The van der Waals surface area contributed by atoms with Crippen LogP contribution in [-0.2, 0) is 6.42 Å². The number of aromatic nitrogens is 1. The van der Waals surface area contributed by atoms with Crippen LogP contribution in [-0.4, -0.2) is 53.4 Å². The summed E-state index contributed by atoms with van der Waals surface area (Å²) >= 11 is 0. The minimum Gasteiger partial charge on any atom is -0.438 e. The molecule has 1 fully saturated rings. The molecule has 2 aromatic rings. The van der Waals surface area contributed by atoms with Crippen LogP contribution in [0, 0.1) is 6.92 Å². The van der Waals surface area contributed by atoms with E-state index < -0.39 is 0 Å². The zero-order valence-electron chi connectivity index (χ0n) is 14.4. The maximum Gasteiger partial charge on any atom is 0.291 e. The van der Waals surface area contributed by atoms with E-state index in [9.17, 15) is 4.79 Å². The molecule has 5 nitrogen and oxygen atoms in total. The van der Waals surface area contributed by atoms with Gasteiger partial charge < -0.3 is 14.2 Å². The van der Waals surface area contributed by atoms with Crippen LogP contribution in [0.4, 0.5) is 0 Å². The third-order valence-corrected chi connectivity index (χ3v) is 4.84. The fraction of sp³-hybridized carbons (Fsp3) is 0.474. The van der Waals surface area contributed by atoms with Gasteiger partial charge in [-0.2, -0.15) is 0 Å². The smallest absolute Gasteiger partial charge is 0.291 e. The number of hydrogen-bond acceptors (Lipinski definition) is 4. The van der Waals surface area contributed by atoms with Crippen LogP contribution in [0.15, 0.2) is 41.1 Å². The van der Waals surface area contributed by atoms with E-state index in [0.29, 0.717) is 17.5 Å². The number of carbonyl (C=O) groups excluding carboxylic acids is 1. The molecule has 0 N–H and O–H groups in total. The molecule has 0 radical (unpaired) electrons. The van der Waals surface area contributed by atoms with Gasteiger partial charge in [0.1, 0.15) is 0 Å². The van der Waals surface area contributed by atoms with E-state index in [2.05, 4.69) is 41.2 Å². The summed E-state index contributed by atoms with van der Waals surface area (Å²) < 4.78 is 5.26. The number of nitrogens with zero attached hydrogens (tertiary/aromatic N) is 3. The summed E-state index contributed by atoms with van der Waals surface area (Å²) in [4.78, 5) is 20.9. The molecule has 1 amide bonds. The molecule has 3 rings (SSSR count). The average molecular weight is 327 g/mol. The third kappa shape index (κ3) is 3.85. The monoisotopic (exact) mass is 327 g/mol. The molecule has 128 valence electrons. The number of rotatable bonds is 5. The maximum atomic E-state index is 12.6. The van der Waals surface area contributed by atoms with Crippen molar-refractivity contribution in [2.45, 2.75) is 32.2 Å². The van der Waals surface area contributed by atoms with Gasteiger partial charge in [0.05, 0.1) is 5.69 Å². The molecule has 0 bridgehead atoms. The molecule has 2 heterocycles. The van der Waals surface area contributed by atoms with Gasteiger partial charge in [0.25, 0.3) is 5.91 Å². The van der Waals surface area contributed by atoms with E-state index in [1.54, 1.807) is 0 Å². The highest BCUT2D eigenvalue weighted by atomic mass is 16.3. The Hall–Kier alpha value is -2.14. The van der Waals surface area contributed by atoms with E-state index in [4.69, 9.17) is 4.42 Å². The van der Waals surface area contributed by atoms with Crippen molar-refractivity contribution in [2.75, 3.05) is 26.7 Å². The molecule has 1 unspecified atom stereocenters. The van der Waals surface area contributed by atoms with Gasteiger partial charge in [-0.1, -0.05) is 30.3 Å². The van der Waals surface area contributed by atoms with Crippen molar-refractivity contribution in [3.63, 3.8) is 0 Å². The van der Waals surface area contributed by atoms with Crippen molar-refractivity contribution >= 4 is 5.91 Å². The minimum atomic E-state index is -0.0360. The summed E-state index contributed by atoms with van der Waals surface area (Å²) in [6, 6.07) is 10.9. The van der Waals surface area contributed by atoms with Crippen LogP contribution in [0.2, 0.25) is 0 Å². The zero-order chi connectivity index (χ0) is 16.9. The van der Waals surface area contributed by atoms with E-state index in [1.807, 2.05) is 17.9 Å². The molecular formula is C19H25N3O2. The second kappa shape index (κ2) is 7.62. The second-order valence-electron chi connectivity index (χ2n) is 6.53. The Morgan fingerprint density at radius 2 is 2.17 bits per heavy atom.